The number of fused-ring (bicyclic) bond motifs is 2. The van der Waals surface area contributed by atoms with E-state index in [-0.39, 0.29) is 24.2 Å². The monoisotopic (exact) mass is 525 g/mol. The molecule has 5 rings (SSSR count). The van der Waals surface area contributed by atoms with Gasteiger partial charge in [-0.15, -0.1) is 0 Å². The molecule has 39 heavy (non-hydrogen) atoms. The summed E-state index contributed by atoms with van der Waals surface area (Å²) in [6.45, 7) is 5.48. The van der Waals surface area contributed by atoms with Gasteiger partial charge >= 0.3 is 11.6 Å². The summed E-state index contributed by atoms with van der Waals surface area (Å²) in [5, 5.41) is 23.2. The molecule has 3 aromatic carbocycles. The van der Waals surface area contributed by atoms with Gasteiger partial charge in [-0.25, -0.2) is 9.59 Å². The Kier molecular flexibility index (Phi) is 6.70. The first-order chi connectivity index (χ1) is 18.6. The fraction of sp³-hybridized carbons (Fsp3) is 0.194. The molecule has 5 aromatic rings. The molecule has 0 bridgehead atoms. The molecule has 8 heteroatoms. The lowest BCUT2D eigenvalue weighted by molar-refractivity contribution is -0.141. The lowest BCUT2D eigenvalue weighted by Crippen LogP contribution is -2.43. The Morgan fingerprint density at radius 2 is 1.56 bits per heavy atom. The number of furan rings is 1. The number of benzene rings is 3. The van der Waals surface area contributed by atoms with Crippen molar-refractivity contribution in [3.05, 3.63) is 99.1 Å². The maximum atomic E-state index is 13.0. The van der Waals surface area contributed by atoms with E-state index in [0.29, 0.717) is 33.2 Å². The molecule has 0 aliphatic heterocycles. The normalized spacial score (nSPS) is 12.1. The summed E-state index contributed by atoms with van der Waals surface area (Å²) >= 11 is 0. The Morgan fingerprint density at radius 1 is 0.897 bits per heavy atom. The van der Waals surface area contributed by atoms with Crippen LogP contribution in [0.1, 0.15) is 28.0 Å². The third kappa shape index (κ3) is 4.88. The van der Waals surface area contributed by atoms with Crippen LogP contribution in [0.5, 0.6) is 5.75 Å². The van der Waals surface area contributed by atoms with Crippen molar-refractivity contribution in [2.45, 2.75) is 39.7 Å². The second kappa shape index (κ2) is 10.1. The number of nitrogens with one attached hydrogen (secondary N) is 1. The molecule has 0 radical (unpaired) electrons. The minimum Gasteiger partial charge on any atom is -0.508 e. The SMILES string of the molecule is Cc1oc2c(C)c3oc(=O)c(CC(=O)NC(Cc4ccc(O)cc4)C(=O)O)c(C)c3cc2c1-c1ccccc1. The largest absolute Gasteiger partial charge is 0.508 e. The molecule has 198 valence electrons. The van der Waals surface area contributed by atoms with Crippen LogP contribution in [0.15, 0.2) is 74.3 Å². The molecule has 1 unspecified atom stereocenters. The van der Waals surface area contributed by atoms with Crippen molar-refractivity contribution in [1.82, 2.24) is 5.32 Å². The van der Waals surface area contributed by atoms with E-state index in [1.165, 1.54) is 12.1 Å². The first-order valence-electron chi connectivity index (χ1n) is 12.5. The van der Waals surface area contributed by atoms with E-state index >= 15 is 0 Å². The Bertz CT molecular complexity index is 1780. The third-order valence-corrected chi connectivity index (χ3v) is 7.04. The van der Waals surface area contributed by atoms with Gasteiger partial charge in [0.15, 0.2) is 0 Å². The van der Waals surface area contributed by atoms with Gasteiger partial charge in [0.1, 0.15) is 28.7 Å². The molecular weight excluding hydrogens is 498 g/mol. The van der Waals surface area contributed by atoms with Crippen molar-refractivity contribution < 1.29 is 28.6 Å². The number of amides is 1. The summed E-state index contributed by atoms with van der Waals surface area (Å²) in [5.41, 5.74) is 4.36. The number of carbonyl (C=O) groups is 2. The minimum absolute atomic E-state index is 0.0198. The molecule has 2 aromatic heterocycles. The van der Waals surface area contributed by atoms with Gasteiger partial charge in [-0.1, -0.05) is 42.5 Å². The summed E-state index contributed by atoms with van der Waals surface area (Å²) in [4.78, 5) is 37.7. The van der Waals surface area contributed by atoms with Gasteiger partial charge in [0, 0.05) is 28.3 Å². The Morgan fingerprint density at radius 3 is 2.23 bits per heavy atom. The zero-order valence-electron chi connectivity index (χ0n) is 21.7. The summed E-state index contributed by atoms with van der Waals surface area (Å²) < 4.78 is 11.8. The molecule has 1 atom stereocenters. The second-order valence-electron chi connectivity index (χ2n) is 9.65. The summed E-state index contributed by atoms with van der Waals surface area (Å²) in [6.07, 6.45) is -0.317. The van der Waals surface area contributed by atoms with Crippen LogP contribution in [0.25, 0.3) is 33.1 Å². The summed E-state index contributed by atoms with van der Waals surface area (Å²) in [5.74, 6) is -1.02. The molecule has 8 nitrogen and oxygen atoms in total. The van der Waals surface area contributed by atoms with Crippen molar-refractivity contribution in [2.75, 3.05) is 0 Å². The van der Waals surface area contributed by atoms with E-state index in [1.807, 2.05) is 50.2 Å². The minimum atomic E-state index is -1.21. The Hall–Kier alpha value is -4.85. The summed E-state index contributed by atoms with van der Waals surface area (Å²) in [6, 6.07) is 16.6. The van der Waals surface area contributed by atoms with E-state index in [0.717, 1.165) is 22.3 Å². The molecule has 3 N–H and O–H groups in total. The fourth-order valence-corrected chi connectivity index (χ4v) is 5.02. The molecular formula is C31H27NO7. The van der Waals surface area contributed by atoms with Crippen LogP contribution < -0.4 is 10.9 Å². The van der Waals surface area contributed by atoms with Crippen LogP contribution in [0.2, 0.25) is 0 Å². The van der Waals surface area contributed by atoms with Crippen molar-refractivity contribution in [3.63, 3.8) is 0 Å². The number of hydrogen-bond donors (Lipinski definition) is 3. The highest BCUT2D eigenvalue weighted by Gasteiger charge is 2.24. The first kappa shape index (κ1) is 25.8. The fourth-order valence-electron chi connectivity index (χ4n) is 5.02. The van der Waals surface area contributed by atoms with Gasteiger partial charge in [0.25, 0.3) is 0 Å². The highest BCUT2D eigenvalue weighted by Crippen LogP contribution is 2.39. The first-order valence-corrected chi connectivity index (χ1v) is 12.5. The van der Waals surface area contributed by atoms with Crippen molar-refractivity contribution in [1.29, 1.82) is 0 Å². The van der Waals surface area contributed by atoms with Crippen LogP contribution in [0, 0.1) is 20.8 Å². The Labute approximate surface area is 223 Å². The number of carboxylic acid groups (broad SMARTS) is 1. The molecule has 0 saturated heterocycles. The average Bonchev–Trinajstić information content (AvgIpc) is 3.24. The number of aromatic hydroxyl groups is 1. The van der Waals surface area contributed by atoms with Gasteiger partial charge in [-0.3, -0.25) is 4.79 Å². The third-order valence-electron chi connectivity index (χ3n) is 7.04. The number of phenolic OH excluding ortho intramolecular Hbond substituents is 1. The number of carbonyl (C=O) groups excluding carboxylic acids is 1. The highest BCUT2D eigenvalue weighted by molar-refractivity contribution is 6.06. The van der Waals surface area contributed by atoms with Crippen LogP contribution in [-0.2, 0) is 22.4 Å². The number of aryl methyl sites for hydroxylation is 3. The highest BCUT2D eigenvalue weighted by atomic mass is 16.4. The van der Waals surface area contributed by atoms with E-state index in [2.05, 4.69) is 5.32 Å². The van der Waals surface area contributed by atoms with E-state index < -0.39 is 23.5 Å². The number of phenols is 1. The maximum Gasteiger partial charge on any atom is 0.340 e. The van der Waals surface area contributed by atoms with Gasteiger partial charge in [0.2, 0.25) is 5.91 Å². The molecule has 0 saturated carbocycles. The molecule has 0 aliphatic rings. The Balaban J connectivity index is 1.51. The van der Waals surface area contributed by atoms with Crippen LogP contribution in [0.4, 0.5) is 0 Å². The van der Waals surface area contributed by atoms with Crippen LogP contribution >= 0.6 is 0 Å². The lowest BCUT2D eigenvalue weighted by atomic mass is 9.96. The molecule has 0 spiro atoms. The summed E-state index contributed by atoms with van der Waals surface area (Å²) in [7, 11) is 0. The number of rotatable bonds is 7. The van der Waals surface area contributed by atoms with E-state index in [9.17, 15) is 24.6 Å². The second-order valence-corrected chi connectivity index (χ2v) is 9.65. The zero-order chi connectivity index (χ0) is 27.8. The quantitative estimate of drug-likeness (QED) is 0.249. The standard InChI is InChI=1S/C31H27NO7/c1-16-22-14-24-27(20-7-5-4-6-8-20)18(3)38-29(24)17(2)28(22)39-31(37)23(16)15-26(34)32-25(30(35)36)13-19-9-11-21(33)12-10-19/h4-12,14,25,33H,13,15H2,1-3H3,(H,32,34)(H,35,36). The van der Waals surface area contributed by atoms with Gasteiger partial charge < -0.3 is 24.4 Å². The van der Waals surface area contributed by atoms with Gasteiger partial charge in [-0.05, 0) is 55.7 Å². The van der Waals surface area contributed by atoms with Gasteiger partial charge in [0.05, 0.1) is 12.0 Å². The topological polar surface area (TPSA) is 130 Å². The molecule has 2 heterocycles. The number of aliphatic carboxylic acids is 1. The number of hydrogen-bond acceptors (Lipinski definition) is 6. The van der Waals surface area contributed by atoms with E-state index in [4.69, 9.17) is 8.83 Å². The van der Waals surface area contributed by atoms with Gasteiger partial charge in [-0.2, -0.15) is 0 Å². The number of carboxylic acids is 1. The maximum absolute atomic E-state index is 13.0. The van der Waals surface area contributed by atoms with Crippen molar-refractivity contribution in [2.24, 2.45) is 0 Å². The van der Waals surface area contributed by atoms with E-state index in [1.54, 1.807) is 19.1 Å². The predicted molar refractivity (Wildman–Crippen MR) is 147 cm³/mol. The predicted octanol–water partition coefficient (Wildman–Crippen LogP) is 5.19. The molecule has 1 amide bonds. The molecule has 0 fully saturated rings. The van der Waals surface area contributed by atoms with Crippen LogP contribution in [-0.4, -0.2) is 28.1 Å². The molecule has 0 aliphatic carbocycles. The van der Waals surface area contributed by atoms with Crippen LogP contribution in [0.3, 0.4) is 0 Å². The average molecular weight is 526 g/mol. The zero-order valence-corrected chi connectivity index (χ0v) is 21.7. The lowest BCUT2D eigenvalue weighted by Gasteiger charge is -2.15. The smallest absolute Gasteiger partial charge is 0.340 e. The van der Waals surface area contributed by atoms with Crippen molar-refractivity contribution >= 4 is 33.8 Å². The van der Waals surface area contributed by atoms with Crippen molar-refractivity contribution in [3.8, 4) is 16.9 Å².